The lowest BCUT2D eigenvalue weighted by atomic mass is 10.0. The van der Waals surface area contributed by atoms with Crippen molar-refractivity contribution in [2.24, 2.45) is 5.92 Å². The molecule has 3 nitrogen and oxygen atoms in total. The smallest absolute Gasteiger partial charge is 0.0638 e. The fourth-order valence-corrected chi connectivity index (χ4v) is 3.29. The molecule has 1 unspecified atom stereocenters. The number of nitrogens with zero attached hydrogens (tertiary/aromatic N) is 1. The van der Waals surface area contributed by atoms with Gasteiger partial charge < -0.3 is 10.8 Å². The molecule has 1 saturated carbocycles. The maximum absolute atomic E-state index is 9.98. The van der Waals surface area contributed by atoms with Gasteiger partial charge in [-0.25, -0.2) is 0 Å². The minimum Gasteiger partial charge on any atom is -0.397 e. The van der Waals surface area contributed by atoms with E-state index in [4.69, 9.17) is 5.73 Å². The molecule has 17 heavy (non-hydrogen) atoms. The summed E-state index contributed by atoms with van der Waals surface area (Å²) in [5, 5.41) is 9.98. The van der Waals surface area contributed by atoms with E-state index < -0.39 is 0 Å². The van der Waals surface area contributed by atoms with Gasteiger partial charge in [0.2, 0.25) is 0 Å². The van der Waals surface area contributed by atoms with Crippen LogP contribution >= 0.6 is 11.8 Å². The van der Waals surface area contributed by atoms with Crippen molar-refractivity contribution in [3.8, 4) is 0 Å². The number of pyridine rings is 1. The summed E-state index contributed by atoms with van der Waals surface area (Å²) in [5.74, 6) is 1.46. The van der Waals surface area contributed by atoms with E-state index in [0.717, 1.165) is 23.0 Å². The number of aliphatic hydroxyl groups is 1. The van der Waals surface area contributed by atoms with Gasteiger partial charge in [0.1, 0.15) is 0 Å². The summed E-state index contributed by atoms with van der Waals surface area (Å²) in [4.78, 5) is 4.97. The van der Waals surface area contributed by atoms with E-state index >= 15 is 0 Å². The Morgan fingerprint density at radius 2 is 2.24 bits per heavy atom. The SMILES string of the molecule is Nc1cnccc1SCC(O)CC1CCCC1. The minimum atomic E-state index is -0.212. The van der Waals surface area contributed by atoms with Crippen LogP contribution in [0.1, 0.15) is 32.1 Å². The molecule has 0 aliphatic heterocycles. The van der Waals surface area contributed by atoms with Crippen LogP contribution in [0.25, 0.3) is 0 Å². The first-order valence-electron chi connectivity index (χ1n) is 6.26. The number of rotatable bonds is 5. The third-order valence-corrected chi connectivity index (χ3v) is 4.56. The van der Waals surface area contributed by atoms with Crippen LogP contribution in [0.15, 0.2) is 23.4 Å². The normalized spacial score (nSPS) is 18.4. The Morgan fingerprint density at radius 1 is 1.47 bits per heavy atom. The Morgan fingerprint density at radius 3 is 2.94 bits per heavy atom. The number of hydrogen-bond donors (Lipinski definition) is 2. The predicted molar refractivity (Wildman–Crippen MR) is 72.0 cm³/mol. The van der Waals surface area contributed by atoms with Gasteiger partial charge in [-0.15, -0.1) is 11.8 Å². The third-order valence-electron chi connectivity index (χ3n) is 3.32. The summed E-state index contributed by atoms with van der Waals surface area (Å²) in [7, 11) is 0. The molecule has 0 saturated heterocycles. The quantitative estimate of drug-likeness (QED) is 0.791. The summed E-state index contributed by atoms with van der Waals surface area (Å²) in [6.07, 6.45) is 9.38. The zero-order valence-electron chi connectivity index (χ0n) is 10.0. The lowest BCUT2D eigenvalue weighted by molar-refractivity contribution is 0.166. The highest BCUT2D eigenvalue weighted by Crippen LogP contribution is 2.30. The van der Waals surface area contributed by atoms with Crippen molar-refractivity contribution in [2.45, 2.75) is 43.1 Å². The summed E-state index contributed by atoms with van der Waals surface area (Å²) < 4.78 is 0. The fraction of sp³-hybridized carbons (Fsp3) is 0.615. The van der Waals surface area contributed by atoms with Gasteiger partial charge in [0, 0.05) is 16.8 Å². The van der Waals surface area contributed by atoms with Gasteiger partial charge in [-0.05, 0) is 18.4 Å². The monoisotopic (exact) mass is 252 g/mol. The predicted octanol–water partition coefficient (Wildman–Crippen LogP) is 2.70. The highest BCUT2D eigenvalue weighted by molar-refractivity contribution is 7.99. The molecule has 1 fully saturated rings. The van der Waals surface area contributed by atoms with Crippen LogP contribution in [-0.4, -0.2) is 21.9 Å². The lowest BCUT2D eigenvalue weighted by Crippen LogP contribution is -2.14. The van der Waals surface area contributed by atoms with Crippen molar-refractivity contribution in [3.05, 3.63) is 18.5 Å². The molecule has 1 aromatic rings. The number of nitrogen functional groups attached to an aromatic ring is 1. The molecule has 0 radical (unpaired) electrons. The molecule has 0 aromatic carbocycles. The number of anilines is 1. The summed E-state index contributed by atoms with van der Waals surface area (Å²) >= 11 is 1.62. The zero-order valence-corrected chi connectivity index (χ0v) is 10.8. The van der Waals surface area contributed by atoms with E-state index in [-0.39, 0.29) is 6.10 Å². The molecule has 1 heterocycles. The highest BCUT2D eigenvalue weighted by Gasteiger charge is 2.18. The molecule has 2 rings (SSSR count). The van der Waals surface area contributed by atoms with Crippen LogP contribution in [0.3, 0.4) is 0 Å². The summed E-state index contributed by atoms with van der Waals surface area (Å²) in [6, 6.07) is 1.91. The first kappa shape index (κ1) is 12.7. The molecule has 0 bridgehead atoms. The van der Waals surface area contributed by atoms with Gasteiger partial charge in [0.05, 0.1) is 18.0 Å². The molecule has 1 aromatic heterocycles. The number of nitrogens with two attached hydrogens (primary N) is 1. The number of hydrogen-bond acceptors (Lipinski definition) is 4. The lowest BCUT2D eigenvalue weighted by Gasteiger charge is -2.15. The van der Waals surface area contributed by atoms with Crippen LogP contribution in [0.5, 0.6) is 0 Å². The Bertz CT molecular complexity index is 353. The summed E-state index contributed by atoms with van der Waals surface area (Å²) in [5.41, 5.74) is 6.51. The van der Waals surface area contributed by atoms with Crippen molar-refractivity contribution in [1.82, 2.24) is 4.98 Å². The third kappa shape index (κ3) is 3.89. The maximum Gasteiger partial charge on any atom is 0.0638 e. The second kappa shape index (κ2) is 6.26. The zero-order chi connectivity index (χ0) is 12.1. The first-order valence-corrected chi connectivity index (χ1v) is 7.24. The number of aliphatic hydroxyl groups excluding tert-OH is 1. The fourth-order valence-electron chi connectivity index (χ4n) is 2.41. The molecule has 0 amide bonds. The first-order chi connectivity index (χ1) is 8.25. The largest absolute Gasteiger partial charge is 0.397 e. The highest BCUT2D eigenvalue weighted by atomic mass is 32.2. The minimum absolute atomic E-state index is 0.212. The van der Waals surface area contributed by atoms with Crippen LogP contribution in [0.4, 0.5) is 5.69 Å². The molecule has 94 valence electrons. The van der Waals surface area contributed by atoms with Crippen molar-refractivity contribution in [3.63, 3.8) is 0 Å². The standard InChI is InChI=1S/C13H20N2OS/c14-12-8-15-6-5-13(12)17-9-11(16)7-10-3-1-2-4-10/h5-6,8,10-11,16H,1-4,7,9,14H2. The average Bonchev–Trinajstić information content (AvgIpc) is 2.81. The molecule has 0 spiro atoms. The molecular weight excluding hydrogens is 232 g/mol. The second-order valence-corrected chi connectivity index (χ2v) is 5.83. The summed E-state index contributed by atoms with van der Waals surface area (Å²) in [6.45, 7) is 0. The van der Waals surface area contributed by atoms with E-state index in [1.54, 1.807) is 24.2 Å². The molecule has 4 heteroatoms. The van der Waals surface area contributed by atoms with Crippen molar-refractivity contribution < 1.29 is 5.11 Å². The van der Waals surface area contributed by atoms with E-state index in [9.17, 15) is 5.11 Å². The van der Waals surface area contributed by atoms with Gasteiger partial charge in [-0.1, -0.05) is 25.7 Å². The molecule has 3 N–H and O–H groups in total. The Labute approximate surface area is 107 Å². The number of aromatic nitrogens is 1. The van der Waals surface area contributed by atoms with Crippen LogP contribution in [0, 0.1) is 5.92 Å². The van der Waals surface area contributed by atoms with Crippen molar-refractivity contribution in [2.75, 3.05) is 11.5 Å². The van der Waals surface area contributed by atoms with Gasteiger partial charge in [0.15, 0.2) is 0 Å². The maximum atomic E-state index is 9.98. The van der Waals surface area contributed by atoms with Gasteiger partial charge in [0.25, 0.3) is 0 Å². The second-order valence-electron chi connectivity index (χ2n) is 4.76. The van der Waals surface area contributed by atoms with Crippen LogP contribution in [-0.2, 0) is 0 Å². The van der Waals surface area contributed by atoms with Crippen molar-refractivity contribution >= 4 is 17.4 Å². The van der Waals surface area contributed by atoms with E-state index in [0.29, 0.717) is 5.69 Å². The van der Waals surface area contributed by atoms with Crippen molar-refractivity contribution in [1.29, 1.82) is 0 Å². The Balaban J connectivity index is 1.75. The number of thioether (sulfide) groups is 1. The van der Waals surface area contributed by atoms with E-state index in [1.165, 1.54) is 25.7 Å². The molecular formula is C13H20N2OS. The van der Waals surface area contributed by atoms with Gasteiger partial charge in [-0.2, -0.15) is 0 Å². The average molecular weight is 252 g/mol. The van der Waals surface area contributed by atoms with E-state index in [2.05, 4.69) is 4.98 Å². The van der Waals surface area contributed by atoms with Crippen LogP contribution in [0.2, 0.25) is 0 Å². The van der Waals surface area contributed by atoms with E-state index in [1.807, 2.05) is 6.07 Å². The van der Waals surface area contributed by atoms with Gasteiger partial charge in [-0.3, -0.25) is 4.98 Å². The Kier molecular flexibility index (Phi) is 4.68. The molecule has 1 aliphatic rings. The van der Waals surface area contributed by atoms with Gasteiger partial charge >= 0.3 is 0 Å². The Hall–Kier alpha value is -0.740. The molecule has 1 aliphatic carbocycles. The topological polar surface area (TPSA) is 59.1 Å². The molecule has 1 atom stereocenters. The van der Waals surface area contributed by atoms with Crippen LogP contribution < -0.4 is 5.73 Å².